The molecule has 0 N–H and O–H groups in total. The Bertz CT molecular complexity index is 1080. The number of nitrogens with zero attached hydrogens (tertiary/aromatic N) is 8. The molecule has 1 saturated heterocycles. The second-order valence-electron chi connectivity index (χ2n) is 6.55. The molecule has 0 aliphatic carbocycles. The molecular formula is C18H18N8O. The Labute approximate surface area is 155 Å². The summed E-state index contributed by atoms with van der Waals surface area (Å²) in [6.07, 6.45) is 6.97. The van der Waals surface area contributed by atoms with Crippen LogP contribution in [-0.2, 0) is 0 Å². The predicted molar refractivity (Wildman–Crippen MR) is 98.1 cm³/mol. The highest BCUT2D eigenvalue weighted by Gasteiger charge is 2.18. The van der Waals surface area contributed by atoms with Crippen molar-refractivity contribution >= 4 is 11.7 Å². The molecule has 4 aromatic heterocycles. The molecular weight excluding hydrogens is 344 g/mol. The summed E-state index contributed by atoms with van der Waals surface area (Å²) in [5, 5.41) is 13.1. The van der Waals surface area contributed by atoms with Gasteiger partial charge in [-0.3, -0.25) is 0 Å². The van der Waals surface area contributed by atoms with Gasteiger partial charge in [-0.2, -0.15) is 9.50 Å². The number of piperidine rings is 1. The summed E-state index contributed by atoms with van der Waals surface area (Å²) in [7, 11) is 0. The Morgan fingerprint density at radius 1 is 1.04 bits per heavy atom. The quantitative estimate of drug-likeness (QED) is 0.548. The van der Waals surface area contributed by atoms with Crippen LogP contribution in [0.3, 0.4) is 0 Å². The van der Waals surface area contributed by atoms with Gasteiger partial charge >= 0.3 is 0 Å². The average molecular weight is 362 g/mol. The molecule has 0 bridgehead atoms. The fourth-order valence-electron chi connectivity index (χ4n) is 3.33. The van der Waals surface area contributed by atoms with E-state index in [1.807, 2.05) is 19.1 Å². The smallest absolute Gasteiger partial charge is 0.272 e. The third-order valence-electron chi connectivity index (χ3n) is 4.76. The Hall–Kier alpha value is -3.36. The van der Waals surface area contributed by atoms with Crippen molar-refractivity contribution < 1.29 is 4.42 Å². The van der Waals surface area contributed by atoms with Gasteiger partial charge in [-0.25, -0.2) is 9.97 Å². The topological polar surface area (TPSA) is 98.1 Å². The van der Waals surface area contributed by atoms with Crippen LogP contribution in [0.1, 0.15) is 25.0 Å². The molecule has 4 aromatic rings. The summed E-state index contributed by atoms with van der Waals surface area (Å²) in [5.74, 6) is 2.23. The van der Waals surface area contributed by atoms with Crippen LogP contribution in [0.4, 0.5) is 5.95 Å². The second kappa shape index (κ2) is 6.42. The lowest BCUT2D eigenvalue weighted by atomic mass is 10.1. The van der Waals surface area contributed by atoms with Crippen LogP contribution in [-0.4, -0.2) is 47.9 Å². The van der Waals surface area contributed by atoms with E-state index < -0.39 is 0 Å². The molecule has 0 saturated carbocycles. The largest absolute Gasteiger partial charge is 0.461 e. The second-order valence-corrected chi connectivity index (χ2v) is 6.55. The van der Waals surface area contributed by atoms with Crippen molar-refractivity contribution in [2.75, 3.05) is 18.0 Å². The number of fused-ring (bicyclic) bond motifs is 1. The molecule has 9 heteroatoms. The molecule has 136 valence electrons. The van der Waals surface area contributed by atoms with Crippen LogP contribution in [0.5, 0.6) is 0 Å². The molecule has 1 fully saturated rings. The minimum atomic E-state index is 0.424. The van der Waals surface area contributed by atoms with Gasteiger partial charge in [0.1, 0.15) is 5.69 Å². The monoisotopic (exact) mass is 362 g/mol. The summed E-state index contributed by atoms with van der Waals surface area (Å²) in [4.78, 5) is 15.8. The fraction of sp³-hybridized carbons (Fsp3) is 0.333. The molecule has 0 unspecified atom stereocenters. The molecule has 5 rings (SSSR count). The van der Waals surface area contributed by atoms with E-state index in [2.05, 4.69) is 30.2 Å². The summed E-state index contributed by atoms with van der Waals surface area (Å²) >= 11 is 0. The summed E-state index contributed by atoms with van der Waals surface area (Å²) in [6.45, 7) is 3.91. The van der Waals surface area contributed by atoms with Crippen LogP contribution in [0.15, 0.2) is 35.1 Å². The van der Waals surface area contributed by atoms with Crippen molar-refractivity contribution in [2.45, 2.75) is 26.2 Å². The lowest BCUT2D eigenvalue weighted by molar-refractivity contribution is 0.568. The SMILES string of the molecule is Cc1c(-c2ccnc(N3CCCCC3)n2)nnc2nc(-c3ccco3)nn12. The van der Waals surface area contributed by atoms with Crippen molar-refractivity contribution in [3.05, 3.63) is 36.4 Å². The molecule has 1 aliphatic heterocycles. The molecule has 5 heterocycles. The Kier molecular flexibility index (Phi) is 3.77. The highest BCUT2D eigenvalue weighted by atomic mass is 16.3. The van der Waals surface area contributed by atoms with Gasteiger partial charge in [-0.1, -0.05) is 0 Å². The molecule has 0 atom stereocenters. The zero-order valence-electron chi connectivity index (χ0n) is 14.9. The first kappa shape index (κ1) is 15.9. The van der Waals surface area contributed by atoms with Gasteiger partial charge in [-0.05, 0) is 44.4 Å². The first-order chi connectivity index (χ1) is 13.3. The van der Waals surface area contributed by atoms with Crippen molar-refractivity contribution in [3.8, 4) is 23.0 Å². The highest BCUT2D eigenvalue weighted by Crippen LogP contribution is 2.23. The molecule has 0 spiro atoms. The van der Waals surface area contributed by atoms with E-state index in [1.54, 1.807) is 23.0 Å². The van der Waals surface area contributed by atoms with E-state index >= 15 is 0 Å². The molecule has 9 nitrogen and oxygen atoms in total. The number of hydrogen-bond acceptors (Lipinski definition) is 8. The number of furan rings is 1. The fourth-order valence-corrected chi connectivity index (χ4v) is 3.33. The van der Waals surface area contributed by atoms with Crippen LogP contribution in [0.2, 0.25) is 0 Å². The van der Waals surface area contributed by atoms with Gasteiger partial charge in [0.05, 0.1) is 17.7 Å². The van der Waals surface area contributed by atoms with Gasteiger partial charge in [0, 0.05) is 19.3 Å². The van der Waals surface area contributed by atoms with Crippen LogP contribution in [0, 0.1) is 6.92 Å². The standard InChI is InChI=1S/C18H18N8O/c1-12-15(13-7-8-19-17(20-13)25-9-3-2-4-10-25)22-23-18-21-16(24-26(12)18)14-6-5-11-27-14/h5-8,11H,2-4,9-10H2,1H3. The van der Waals surface area contributed by atoms with E-state index in [9.17, 15) is 0 Å². The predicted octanol–water partition coefficient (Wildman–Crippen LogP) is 2.54. The number of aromatic nitrogens is 7. The molecule has 27 heavy (non-hydrogen) atoms. The van der Waals surface area contributed by atoms with E-state index in [1.165, 1.54) is 19.3 Å². The Morgan fingerprint density at radius 3 is 2.74 bits per heavy atom. The average Bonchev–Trinajstić information content (AvgIpc) is 3.39. The highest BCUT2D eigenvalue weighted by molar-refractivity contribution is 5.59. The van der Waals surface area contributed by atoms with Crippen molar-refractivity contribution in [2.24, 2.45) is 0 Å². The summed E-state index contributed by atoms with van der Waals surface area (Å²) in [5.41, 5.74) is 2.21. The van der Waals surface area contributed by atoms with Crippen molar-refractivity contribution in [1.82, 2.24) is 34.8 Å². The van der Waals surface area contributed by atoms with Gasteiger partial charge < -0.3 is 9.32 Å². The lowest BCUT2D eigenvalue weighted by Gasteiger charge is -2.26. The van der Waals surface area contributed by atoms with E-state index in [0.29, 0.717) is 23.1 Å². The first-order valence-corrected chi connectivity index (χ1v) is 9.02. The van der Waals surface area contributed by atoms with Crippen LogP contribution in [0.25, 0.3) is 28.8 Å². The maximum atomic E-state index is 5.37. The zero-order chi connectivity index (χ0) is 18.2. The van der Waals surface area contributed by atoms with Gasteiger partial charge in [-0.15, -0.1) is 15.3 Å². The van der Waals surface area contributed by atoms with Crippen LogP contribution < -0.4 is 4.90 Å². The van der Waals surface area contributed by atoms with Gasteiger partial charge in [0.15, 0.2) is 5.76 Å². The van der Waals surface area contributed by atoms with E-state index in [4.69, 9.17) is 9.40 Å². The molecule has 0 amide bonds. The van der Waals surface area contributed by atoms with Gasteiger partial charge in [0.2, 0.25) is 11.8 Å². The molecule has 1 aliphatic rings. The number of rotatable bonds is 3. The first-order valence-electron chi connectivity index (χ1n) is 9.02. The van der Waals surface area contributed by atoms with E-state index in [0.717, 1.165) is 30.4 Å². The van der Waals surface area contributed by atoms with Gasteiger partial charge in [0.25, 0.3) is 5.78 Å². The van der Waals surface area contributed by atoms with E-state index in [-0.39, 0.29) is 0 Å². The Balaban J connectivity index is 1.56. The summed E-state index contributed by atoms with van der Waals surface area (Å²) < 4.78 is 7.04. The zero-order valence-corrected chi connectivity index (χ0v) is 14.9. The number of anilines is 1. The minimum absolute atomic E-state index is 0.424. The minimum Gasteiger partial charge on any atom is -0.461 e. The number of hydrogen-bond donors (Lipinski definition) is 0. The molecule has 0 radical (unpaired) electrons. The van der Waals surface area contributed by atoms with Crippen molar-refractivity contribution in [3.63, 3.8) is 0 Å². The summed E-state index contributed by atoms with van der Waals surface area (Å²) in [6, 6.07) is 5.46. The lowest BCUT2D eigenvalue weighted by Crippen LogP contribution is -2.31. The Morgan fingerprint density at radius 2 is 1.93 bits per heavy atom. The molecule has 0 aromatic carbocycles. The number of aryl methyl sites for hydroxylation is 1. The van der Waals surface area contributed by atoms with Crippen molar-refractivity contribution in [1.29, 1.82) is 0 Å². The third-order valence-corrected chi connectivity index (χ3v) is 4.76. The maximum Gasteiger partial charge on any atom is 0.272 e. The normalized spacial score (nSPS) is 14.8. The van der Waals surface area contributed by atoms with Crippen LogP contribution >= 0.6 is 0 Å². The maximum absolute atomic E-state index is 5.37. The third kappa shape index (κ3) is 2.80.